The Morgan fingerprint density at radius 2 is 2.03 bits per heavy atom. The molecule has 2 bridgehead atoms. The molecule has 3 rings (SSSR count). The van der Waals surface area contributed by atoms with Gasteiger partial charge < -0.3 is 23.5 Å². The second kappa shape index (κ2) is 8.23. The van der Waals surface area contributed by atoms with Crippen molar-refractivity contribution in [3.63, 3.8) is 0 Å². The van der Waals surface area contributed by atoms with Crippen molar-refractivity contribution in [1.82, 2.24) is 0 Å². The van der Waals surface area contributed by atoms with E-state index in [0.29, 0.717) is 19.3 Å². The molecule has 2 fully saturated rings. The van der Waals surface area contributed by atoms with Gasteiger partial charge in [0, 0.05) is 6.42 Å². The largest absolute Gasteiger partial charge is 0.748 e. The van der Waals surface area contributed by atoms with E-state index in [2.05, 4.69) is 4.74 Å². The first-order valence-corrected chi connectivity index (χ1v) is 10.8. The Labute approximate surface area is 171 Å². The molecule has 168 valence electrons. The molecule has 0 saturated carbocycles. The second-order valence-electron chi connectivity index (χ2n) is 7.16. The first-order chi connectivity index (χ1) is 13.9. The topological polar surface area (TPSA) is 111 Å². The van der Waals surface area contributed by atoms with Gasteiger partial charge in [0.1, 0.15) is 12.2 Å². The Morgan fingerprint density at radius 3 is 2.57 bits per heavy atom. The van der Waals surface area contributed by atoms with Crippen LogP contribution in [0, 0.1) is 0 Å². The third kappa shape index (κ3) is 5.35. The number of benzene rings is 1. The molecule has 12 heteroatoms. The Morgan fingerprint density at radius 1 is 1.30 bits per heavy atom. The van der Waals surface area contributed by atoms with Crippen molar-refractivity contribution >= 4 is 16.1 Å². The fraction of sp³-hybridized carbons (Fsp3) is 0.611. The number of ether oxygens (including phenoxy) is 4. The van der Waals surface area contributed by atoms with Crippen LogP contribution in [0.5, 0.6) is 11.5 Å². The van der Waals surface area contributed by atoms with Gasteiger partial charge in [-0.2, -0.15) is 0 Å². The standard InChI is InChI=1S/C18H21F3O8S/c1-2-17(10-12-4-6-15(17)27-12)28-14-9-11(3-5-13(14)29-18(19,20)21)16(22)26-7-8-30(23,24)25/h3,5,9,12,15H,2,4,6-8,10H2,1H3,(H,23,24,25)/p-1. The van der Waals surface area contributed by atoms with Crippen LogP contribution in [-0.4, -0.2) is 55.5 Å². The van der Waals surface area contributed by atoms with Gasteiger partial charge in [0.25, 0.3) is 0 Å². The summed E-state index contributed by atoms with van der Waals surface area (Å²) in [7, 11) is -4.58. The van der Waals surface area contributed by atoms with Crippen LogP contribution >= 0.6 is 0 Å². The van der Waals surface area contributed by atoms with E-state index in [1.54, 1.807) is 0 Å². The number of esters is 1. The zero-order chi connectivity index (χ0) is 22.2. The van der Waals surface area contributed by atoms with Crippen LogP contribution in [-0.2, 0) is 19.6 Å². The summed E-state index contributed by atoms with van der Waals surface area (Å²) in [6.45, 7) is 1.15. The van der Waals surface area contributed by atoms with Crippen LogP contribution in [0.2, 0.25) is 0 Å². The smallest absolute Gasteiger partial charge is 0.573 e. The van der Waals surface area contributed by atoms with Gasteiger partial charge in [-0.3, -0.25) is 0 Å². The second-order valence-corrected chi connectivity index (χ2v) is 8.68. The molecule has 8 nitrogen and oxygen atoms in total. The number of carbonyl (C=O) groups excluding carboxylic acids is 1. The number of hydrogen-bond donors (Lipinski definition) is 0. The maximum Gasteiger partial charge on any atom is 0.573 e. The molecule has 2 saturated heterocycles. The molecular weight excluding hydrogens is 433 g/mol. The van der Waals surface area contributed by atoms with E-state index in [-0.39, 0.29) is 23.5 Å². The van der Waals surface area contributed by atoms with Crippen LogP contribution < -0.4 is 9.47 Å². The predicted molar refractivity (Wildman–Crippen MR) is 94.1 cm³/mol. The number of fused-ring (bicyclic) bond motifs is 2. The van der Waals surface area contributed by atoms with Gasteiger partial charge in [0.15, 0.2) is 11.5 Å². The summed E-state index contributed by atoms with van der Waals surface area (Å²) in [5, 5.41) is 0. The third-order valence-electron chi connectivity index (χ3n) is 5.15. The molecule has 1 aromatic carbocycles. The number of carbonyl (C=O) groups is 1. The van der Waals surface area contributed by atoms with E-state index < -0.39 is 46.2 Å². The van der Waals surface area contributed by atoms with Crippen molar-refractivity contribution in [1.29, 1.82) is 0 Å². The molecule has 2 aliphatic heterocycles. The monoisotopic (exact) mass is 453 g/mol. The van der Waals surface area contributed by atoms with Gasteiger partial charge in [0.2, 0.25) is 0 Å². The zero-order valence-electron chi connectivity index (χ0n) is 15.9. The quantitative estimate of drug-likeness (QED) is 0.436. The number of halogens is 3. The fourth-order valence-electron chi connectivity index (χ4n) is 3.77. The summed E-state index contributed by atoms with van der Waals surface area (Å²) < 4.78 is 90.8. The lowest BCUT2D eigenvalue weighted by Gasteiger charge is -2.35. The van der Waals surface area contributed by atoms with Gasteiger partial charge >= 0.3 is 12.3 Å². The number of rotatable bonds is 8. The van der Waals surface area contributed by atoms with E-state index in [9.17, 15) is 30.9 Å². The minimum absolute atomic E-state index is 0.0378. The highest BCUT2D eigenvalue weighted by atomic mass is 32.2. The molecule has 30 heavy (non-hydrogen) atoms. The van der Waals surface area contributed by atoms with Crippen molar-refractivity contribution in [3.8, 4) is 11.5 Å². The van der Waals surface area contributed by atoms with Crippen molar-refractivity contribution in [3.05, 3.63) is 23.8 Å². The van der Waals surface area contributed by atoms with E-state index in [1.807, 2.05) is 6.92 Å². The van der Waals surface area contributed by atoms with Gasteiger partial charge in [-0.05, 0) is 37.5 Å². The van der Waals surface area contributed by atoms with Gasteiger partial charge in [0.05, 0.1) is 33.6 Å². The van der Waals surface area contributed by atoms with E-state index in [1.165, 1.54) is 0 Å². The molecular formula is C18H20F3O8S-. The summed E-state index contributed by atoms with van der Waals surface area (Å²) in [4.78, 5) is 12.1. The first-order valence-electron chi connectivity index (χ1n) is 9.26. The molecule has 2 heterocycles. The summed E-state index contributed by atoms with van der Waals surface area (Å²) in [5.41, 5.74) is -1.04. The summed E-state index contributed by atoms with van der Waals surface area (Å²) in [6, 6.07) is 2.98. The molecule has 2 aliphatic rings. The van der Waals surface area contributed by atoms with E-state index in [4.69, 9.17) is 14.2 Å². The fourth-order valence-corrected chi connectivity index (χ4v) is 4.06. The van der Waals surface area contributed by atoms with Gasteiger partial charge in [-0.1, -0.05) is 6.92 Å². The van der Waals surface area contributed by atoms with Crippen molar-refractivity contribution in [2.45, 2.75) is 56.8 Å². The van der Waals surface area contributed by atoms with Crippen LogP contribution in [0.1, 0.15) is 43.0 Å². The van der Waals surface area contributed by atoms with Crippen molar-refractivity contribution in [2.75, 3.05) is 12.4 Å². The predicted octanol–water partition coefficient (Wildman–Crippen LogP) is 2.77. The molecule has 0 N–H and O–H groups in total. The highest BCUT2D eigenvalue weighted by molar-refractivity contribution is 7.85. The number of hydrogen-bond acceptors (Lipinski definition) is 8. The molecule has 1 aromatic rings. The molecule has 0 aliphatic carbocycles. The summed E-state index contributed by atoms with van der Waals surface area (Å²) >= 11 is 0. The third-order valence-corrected chi connectivity index (χ3v) is 5.82. The summed E-state index contributed by atoms with van der Waals surface area (Å²) in [5.74, 6) is -2.87. The Bertz CT molecular complexity index is 901. The van der Waals surface area contributed by atoms with Crippen LogP contribution in [0.4, 0.5) is 13.2 Å². The molecule has 0 radical (unpaired) electrons. The molecule has 0 amide bonds. The molecule has 3 unspecified atom stereocenters. The lowest BCUT2D eigenvalue weighted by atomic mass is 9.82. The zero-order valence-corrected chi connectivity index (χ0v) is 16.8. The average Bonchev–Trinajstić information content (AvgIpc) is 3.22. The summed E-state index contributed by atoms with van der Waals surface area (Å²) in [6.07, 6.45) is -2.79. The van der Waals surface area contributed by atoms with Gasteiger partial charge in [-0.15, -0.1) is 13.2 Å². The van der Waals surface area contributed by atoms with E-state index >= 15 is 0 Å². The Balaban J connectivity index is 1.84. The molecule has 0 aromatic heterocycles. The first kappa shape index (κ1) is 22.6. The van der Waals surface area contributed by atoms with Crippen molar-refractivity contribution < 1.29 is 49.9 Å². The van der Waals surface area contributed by atoms with Crippen LogP contribution in [0.25, 0.3) is 0 Å². The molecule has 0 spiro atoms. The average molecular weight is 453 g/mol. The lowest BCUT2D eigenvalue weighted by Crippen LogP contribution is -2.45. The lowest BCUT2D eigenvalue weighted by molar-refractivity contribution is -0.275. The highest BCUT2D eigenvalue weighted by Crippen LogP contribution is 2.48. The molecule has 3 atom stereocenters. The maximum atomic E-state index is 12.8. The highest BCUT2D eigenvalue weighted by Gasteiger charge is 2.53. The van der Waals surface area contributed by atoms with Gasteiger partial charge in [-0.25, -0.2) is 13.2 Å². The van der Waals surface area contributed by atoms with Crippen LogP contribution in [0.15, 0.2) is 18.2 Å². The maximum absolute atomic E-state index is 12.8. The SMILES string of the molecule is CCC1(Oc2cc(C(=O)OCCS(=O)(=O)[O-])ccc2OC(F)(F)F)CC2CCC1O2. The normalized spacial score (nSPS) is 25.9. The number of alkyl halides is 3. The van der Waals surface area contributed by atoms with Crippen molar-refractivity contribution in [2.24, 2.45) is 0 Å². The minimum Gasteiger partial charge on any atom is -0.748 e. The Kier molecular flexibility index (Phi) is 6.21. The van der Waals surface area contributed by atoms with Crippen LogP contribution in [0.3, 0.4) is 0 Å². The minimum atomic E-state index is -4.98. The Hall–Kier alpha value is -2.05. The van der Waals surface area contributed by atoms with E-state index in [0.717, 1.165) is 24.6 Å².